The third-order valence-electron chi connectivity index (χ3n) is 9.54. The Morgan fingerprint density at radius 1 is 0.507 bits per heavy atom. The summed E-state index contributed by atoms with van der Waals surface area (Å²) in [6.07, 6.45) is 2.31. The molecule has 8 nitrogen and oxygen atoms in total. The van der Waals surface area contributed by atoms with Crippen molar-refractivity contribution in [3.8, 4) is 47.0 Å². The zero-order chi connectivity index (χ0) is 47.2. The highest BCUT2D eigenvalue weighted by Crippen LogP contribution is 2.24. The number of benzene rings is 6. The Morgan fingerprint density at radius 3 is 1.30 bits per heavy atom. The molecule has 0 heterocycles. The van der Waals surface area contributed by atoms with E-state index in [1.165, 1.54) is 7.11 Å². The molecule has 0 spiro atoms. The molecule has 6 rings (SSSR count). The molecule has 0 fully saturated rings. The second-order valence-electron chi connectivity index (χ2n) is 14.4. The number of hydrogen-bond acceptors (Lipinski definition) is 10. The van der Waals surface area contributed by atoms with E-state index in [0.717, 1.165) is 72.2 Å². The summed E-state index contributed by atoms with van der Waals surface area (Å²) in [6, 6.07) is 42.6. The topological polar surface area (TPSA) is 97.4 Å². The predicted molar refractivity (Wildman–Crippen MR) is 265 cm³/mol. The van der Waals surface area contributed by atoms with Gasteiger partial charge in [0.25, 0.3) is 0 Å². The Bertz CT molecular complexity index is 2890. The van der Waals surface area contributed by atoms with Crippen molar-refractivity contribution >= 4 is 41.4 Å². The van der Waals surface area contributed by atoms with Crippen molar-refractivity contribution in [2.45, 2.75) is 29.9 Å². The van der Waals surface area contributed by atoms with Crippen LogP contribution in [0.2, 0.25) is 0 Å². The fourth-order valence-electron chi connectivity index (χ4n) is 6.01. The molecule has 0 aromatic heterocycles. The Kier molecular flexibility index (Phi) is 18.6. The summed E-state index contributed by atoms with van der Waals surface area (Å²) in [5.74, 6) is 20.3. The number of ether oxygens (including phenoxy) is 5. The van der Waals surface area contributed by atoms with Crippen molar-refractivity contribution in [2.24, 2.45) is 0 Å². The van der Waals surface area contributed by atoms with Gasteiger partial charge in [0.2, 0.25) is 0 Å². The van der Waals surface area contributed by atoms with Gasteiger partial charge >= 0.3 is 17.9 Å². The van der Waals surface area contributed by atoms with E-state index in [1.54, 1.807) is 41.7 Å². The zero-order valence-corrected chi connectivity index (χ0v) is 38.7. The van der Waals surface area contributed by atoms with Gasteiger partial charge in [-0.15, -0.1) is 23.5 Å². The fraction of sp³-hybridized carbons (Fsp3) is 0.140. The first kappa shape index (κ1) is 48.6. The first-order valence-corrected chi connectivity index (χ1v) is 23.0. The van der Waals surface area contributed by atoms with E-state index in [-0.39, 0.29) is 12.2 Å². The maximum Gasteiger partial charge on any atom is 0.341 e. The number of hydrogen-bond donors (Lipinski definition) is 0. The first-order valence-electron chi connectivity index (χ1n) is 21.0. The molecule has 0 amide bonds. The molecule has 0 bridgehead atoms. The second-order valence-corrected chi connectivity index (χ2v) is 16.7. The summed E-state index contributed by atoms with van der Waals surface area (Å²) in [4.78, 5) is 37.2. The van der Waals surface area contributed by atoms with Gasteiger partial charge in [-0.25, -0.2) is 14.4 Å². The largest absolute Gasteiger partial charge is 0.489 e. The summed E-state index contributed by atoms with van der Waals surface area (Å²) in [5.41, 5.74) is 8.21. The fourth-order valence-corrected chi connectivity index (χ4v) is 7.47. The lowest BCUT2D eigenvalue weighted by atomic mass is 10.1. The molecular formula is C57H46O8S2. The monoisotopic (exact) mass is 922 g/mol. The number of carbonyl (C=O) groups excluding carboxylic acids is 3. The molecule has 0 saturated heterocycles. The average molecular weight is 923 g/mol. The first-order chi connectivity index (χ1) is 32.7. The second kappa shape index (κ2) is 25.6. The minimum atomic E-state index is -0.521. The van der Waals surface area contributed by atoms with Crippen LogP contribution in [0.1, 0.15) is 60.4 Å². The highest BCUT2D eigenvalue weighted by atomic mass is 32.2. The lowest BCUT2D eigenvalue weighted by molar-refractivity contribution is -0.138. The maximum atomic E-state index is 12.7. The third-order valence-corrected chi connectivity index (χ3v) is 11.5. The molecule has 0 N–H and O–H groups in total. The number of carbonyl (C=O) groups is 3. The average Bonchev–Trinajstić information content (AvgIpc) is 3.37. The van der Waals surface area contributed by atoms with Gasteiger partial charge < -0.3 is 23.7 Å². The van der Waals surface area contributed by atoms with E-state index in [2.05, 4.69) is 48.7 Å². The van der Waals surface area contributed by atoms with Crippen molar-refractivity contribution in [2.75, 3.05) is 31.8 Å². The van der Waals surface area contributed by atoms with Gasteiger partial charge in [-0.1, -0.05) is 72.9 Å². The van der Waals surface area contributed by atoms with E-state index in [9.17, 15) is 14.4 Å². The van der Waals surface area contributed by atoms with Gasteiger partial charge in [-0.3, -0.25) is 0 Å². The highest BCUT2D eigenvalue weighted by Gasteiger charge is 2.14. The molecule has 334 valence electrons. The van der Waals surface area contributed by atoms with Crippen LogP contribution in [0.15, 0.2) is 169 Å². The number of rotatable bonds is 17. The van der Waals surface area contributed by atoms with Crippen molar-refractivity contribution in [1.82, 2.24) is 0 Å². The van der Waals surface area contributed by atoms with E-state index in [4.69, 9.17) is 23.7 Å². The highest BCUT2D eigenvalue weighted by molar-refractivity contribution is 7.99. The smallest absolute Gasteiger partial charge is 0.341 e. The van der Waals surface area contributed by atoms with Gasteiger partial charge in [-0.2, -0.15) is 0 Å². The van der Waals surface area contributed by atoms with Crippen LogP contribution in [0, 0.1) is 42.4 Å². The van der Waals surface area contributed by atoms with Crippen molar-refractivity contribution in [1.29, 1.82) is 0 Å². The molecule has 6 aromatic carbocycles. The van der Waals surface area contributed by atoms with Crippen LogP contribution >= 0.6 is 23.5 Å². The summed E-state index contributed by atoms with van der Waals surface area (Å²) < 4.78 is 27.3. The summed E-state index contributed by atoms with van der Waals surface area (Å²) in [5, 5.41) is 0. The van der Waals surface area contributed by atoms with Crippen LogP contribution in [-0.4, -0.2) is 49.7 Å². The van der Waals surface area contributed by atoms with E-state index < -0.39 is 17.9 Å². The molecule has 0 radical (unpaired) electrons. The van der Waals surface area contributed by atoms with Crippen molar-refractivity contribution < 1.29 is 38.1 Å². The van der Waals surface area contributed by atoms with E-state index in [1.807, 2.05) is 122 Å². The molecule has 6 aromatic rings. The number of methoxy groups -OCH3 is 1. The van der Waals surface area contributed by atoms with Gasteiger partial charge in [0.05, 0.1) is 7.11 Å². The molecule has 0 atom stereocenters. The zero-order valence-electron chi connectivity index (χ0n) is 37.1. The standard InChI is InChI=1S/C57H46O8S2/c1-5-55(58)62-33-35-66-50-27-21-44(22-28-50)9-15-46-25-31-53(41(3)37-46)64-39-48-17-11-42(12-18-48)7-8-43-13-19-49(20-14-43)40-65-54-32-26-47(38-52(54)57(60)61-4)16-10-45-23-29-51(30-24-45)67-36-34-63-56(59)6-2/h5-6,11-14,17-32,37-38H,1-2,33-36,39-40H2,3-4H3. The Labute approximate surface area is 400 Å². The van der Waals surface area contributed by atoms with Crippen LogP contribution in [0.4, 0.5) is 0 Å². The van der Waals surface area contributed by atoms with Crippen LogP contribution in [0.5, 0.6) is 11.5 Å². The van der Waals surface area contributed by atoms with Gasteiger partial charge in [-0.05, 0) is 133 Å². The van der Waals surface area contributed by atoms with Crippen LogP contribution < -0.4 is 9.47 Å². The molecular weight excluding hydrogens is 877 g/mol. The normalized spacial score (nSPS) is 10.1. The Balaban J connectivity index is 0.955. The molecule has 0 saturated carbocycles. The lowest BCUT2D eigenvalue weighted by Gasteiger charge is -2.11. The summed E-state index contributed by atoms with van der Waals surface area (Å²) >= 11 is 3.18. The van der Waals surface area contributed by atoms with Crippen LogP contribution in [0.3, 0.4) is 0 Å². The predicted octanol–water partition coefficient (Wildman–Crippen LogP) is 10.8. The quantitative estimate of drug-likeness (QED) is 0.0220. The molecule has 10 heteroatoms. The Hall–Kier alpha value is -7.81. The molecule has 0 aliphatic rings. The lowest BCUT2D eigenvalue weighted by Crippen LogP contribution is -2.06. The van der Waals surface area contributed by atoms with Gasteiger partial charge in [0, 0.05) is 66.8 Å². The van der Waals surface area contributed by atoms with E-state index in [0.29, 0.717) is 42.6 Å². The Morgan fingerprint density at radius 2 is 0.881 bits per heavy atom. The summed E-state index contributed by atoms with van der Waals surface area (Å²) in [7, 11) is 1.33. The number of aryl methyl sites for hydroxylation is 1. The third kappa shape index (κ3) is 16.0. The number of thioether (sulfide) groups is 2. The van der Waals surface area contributed by atoms with E-state index >= 15 is 0 Å². The molecule has 0 aliphatic heterocycles. The minimum Gasteiger partial charge on any atom is -0.489 e. The van der Waals surface area contributed by atoms with Crippen LogP contribution in [-0.2, 0) is 37.0 Å². The molecule has 0 unspecified atom stereocenters. The number of esters is 3. The molecule has 0 aliphatic carbocycles. The minimum absolute atomic E-state index is 0.238. The molecule has 67 heavy (non-hydrogen) atoms. The van der Waals surface area contributed by atoms with Crippen molar-refractivity contribution in [3.63, 3.8) is 0 Å². The van der Waals surface area contributed by atoms with Crippen molar-refractivity contribution in [3.05, 3.63) is 214 Å². The van der Waals surface area contributed by atoms with Gasteiger partial charge in [0.1, 0.15) is 43.5 Å². The SMILES string of the molecule is C=CC(=O)OCCSc1ccc(C#Cc2ccc(OCc3ccc(C#Cc4ccc(COc5ccc(C#Cc6ccc(SCCOC(=O)C=C)cc6)cc5C(=O)OC)cc4)cc3)c(C)c2)cc1. The van der Waals surface area contributed by atoms with Gasteiger partial charge in [0.15, 0.2) is 0 Å². The van der Waals surface area contributed by atoms with Crippen LogP contribution in [0.25, 0.3) is 0 Å². The maximum absolute atomic E-state index is 12.7. The summed E-state index contributed by atoms with van der Waals surface area (Å²) in [6.45, 7) is 10.1.